The van der Waals surface area contributed by atoms with E-state index in [2.05, 4.69) is 17.4 Å². The maximum Gasteiger partial charge on any atom is 0.418 e. The van der Waals surface area contributed by atoms with Gasteiger partial charge in [-0.15, -0.1) is 0 Å². The first-order valence-electron chi connectivity index (χ1n) is 7.45. The molecule has 0 aliphatic rings. The molecule has 0 atom stereocenters. The fourth-order valence-electron chi connectivity index (χ4n) is 2.30. The topological polar surface area (TPSA) is 70.9 Å². The SMILES string of the molecule is CCc1ccc(CC(=NO)NC(=O)Oc2ccccc2)cc1C. The molecule has 0 saturated carbocycles. The molecule has 0 aliphatic carbocycles. The molecule has 0 fully saturated rings. The Hall–Kier alpha value is -2.82. The van der Waals surface area contributed by atoms with E-state index in [1.54, 1.807) is 24.3 Å². The number of rotatable bonds is 4. The van der Waals surface area contributed by atoms with Crippen LogP contribution in [-0.2, 0) is 12.8 Å². The first kappa shape index (κ1) is 16.5. The van der Waals surface area contributed by atoms with Crippen LogP contribution in [0, 0.1) is 6.92 Å². The summed E-state index contributed by atoms with van der Waals surface area (Å²) in [4.78, 5) is 11.8. The summed E-state index contributed by atoms with van der Waals surface area (Å²) >= 11 is 0. The molecule has 2 aromatic carbocycles. The lowest BCUT2D eigenvalue weighted by atomic mass is 10.0. The van der Waals surface area contributed by atoms with E-state index in [0.29, 0.717) is 12.2 Å². The van der Waals surface area contributed by atoms with Crippen molar-refractivity contribution in [1.82, 2.24) is 5.32 Å². The Bertz CT molecular complexity index is 697. The summed E-state index contributed by atoms with van der Waals surface area (Å²) in [6, 6.07) is 14.7. The third-order valence-corrected chi connectivity index (χ3v) is 3.48. The first-order valence-corrected chi connectivity index (χ1v) is 7.45. The molecule has 0 spiro atoms. The minimum Gasteiger partial charge on any atom is -0.410 e. The Morgan fingerprint density at radius 1 is 1.22 bits per heavy atom. The molecule has 2 N–H and O–H groups in total. The van der Waals surface area contributed by atoms with E-state index in [1.165, 1.54) is 11.1 Å². The maximum atomic E-state index is 11.8. The molecular weight excluding hydrogens is 292 g/mol. The molecule has 5 heteroatoms. The number of para-hydroxylation sites is 1. The molecular formula is C18H20N2O3. The Balaban J connectivity index is 1.98. The number of ether oxygens (including phenoxy) is 1. The molecule has 1 amide bonds. The molecule has 2 aromatic rings. The van der Waals surface area contributed by atoms with Crippen molar-refractivity contribution in [3.63, 3.8) is 0 Å². The Morgan fingerprint density at radius 3 is 2.57 bits per heavy atom. The minimum absolute atomic E-state index is 0.134. The Kier molecular flexibility index (Phi) is 5.74. The van der Waals surface area contributed by atoms with Gasteiger partial charge in [-0.1, -0.05) is 48.5 Å². The van der Waals surface area contributed by atoms with Crippen LogP contribution in [0.1, 0.15) is 23.6 Å². The van der Waals surface area contributed by atoms with E-state index in [4.69, 9.17) is 9.94 Å². The highest BCUT2D eigenvalue weighted by Crippen LogP contribution is 2.13. The van der Waals surface area contributed by atoms with Crippen LogP contribution in [0.3, 0.4) is 0 Å². The van der Waals surface area contributed by atoms with Crippen molar-refractivity contribution in [3.8, 4) is 5.75 Å². The second kappa shape index (κ2) is 7.98. The highest BCUT2D eigenvalue weighted by atomic mass is 16.6. The summed E-state index contributed by atoms with van der Waals surface area (Å²) in [7, 11) is 0. The predicted molar refractivity (Wildman–Crippen MR) is 89.1 cm³/mol. The molecule has 0 radical (unpaired) electrons. The van der Waals surface area contributed by atoms with Gasteiger partial charge in [0.25, 0.3) is 0 Å². The number of nitrogens with one attached hydrogen (secondary N) is 1. The van der Waals surface area contributed by atoms with Gasteiger partial charge in [-0.25, -0.2) is 4.79 Å². The molecule has 23 heavy (non-hydrogen) atoms. The predicted octanol–water partition coefficient (Wildman–Crippen LogP) is 3.68. The minimum atomic E-state index is -0.689. The molecule has 0 aromatic heterocycles. The van der Waals surface area contributed by atoms with Crippen molar-refractivity contribution in [3.05, 3.63) is 65.2 Å². The van der Waals surface area contributed by atoms with Gasteiger partial charge in [-0.2, -0.15) is 0 Å². The summed E-state index contributed by atoms with van der Waals surface area (Å²) in [5.74, 6) is 0.556. The zero-order chi connectivity index (χ0) is 16.7. The number of amidine groups is 1. The number of amides is 1. The normalized spacial score (nSPS) is 11.1. The molecule has 0 unspecified atom stereocenters. The summed E-state index contributed by atoms with van der Waals surface area (Å²) in [6.45, 7) is 4.14. The van der Waals surface area contributed by atoms with Crippen LogP contribution in [0.4, 0.5) is 4.79 Å². The summed E-state index contributed by atoms with van der Waals surface area (Å²) in [5, 5.41) is 14.7. The quantitative estimate of drug-likeness (QED) is 0.391. The average molecular weight is 312 g/mol. The number of hydrogen-bond donors (Lipinski definition) is 2. The number of benzene rings is 2. The third-order valence-electron chi connectivity index (χ3n) is 3.48. The van der Waals surface area contributed by atoms with Crippen LogP contribution < -0.4 is 10.1 Å². The number of aryl methyl sites for hydroxylation is 2. The van der Waals surface area contributed by atoms with Crippen molar-refractivity contribution in [2.75, 3.05) is 0 Å². The zero-order valence-electron chi connectivity index (χ0n) is 13.2. The lowest BCUT2D eigenvalue weighted by Crippen LogP contribution is -2.34. The van der Waals surface area contributed by atoms with E-state index in [0.717, 1.165) is 12.0 Å². The summed E-state index contributed by atoms with van der Waals surface area (Å²) < 4.78 is 5.10. The Labute approximate surface area is 135 Å². The van der Waals surface area contributed by atoms with E-state index in [9.17, 15) is 4.79 Å². The second-order valence-corrected chi connectivity index (χ2v) is 5.17. The van der Waals surface area contributed by atoms with Gasteiger partial charge in [0.2, 0.25) is 0 Å². The number of hydrogen-bond acceptors (Lipinski definition) is 4. The molecule has 2 rings (SSSR count). The van der Waals surface area contributed by atoms with E-state index < -0.39 is 6.09 Å². The van der Waals surface area contributed by atoms with E-state index in [-0.39, 0.29) is 5.84 Å². The van der Waals surface area contributed by atoms with Crippen molar-refractivity contribution in [2.24, 2.45) is 5.16 Å². The monoisotopic (exact) mass is 312 g/mol. The van der Waals surface area contributed by atoms with Gasteiger partial charge in [-0.3, -0.25) is 5.32 Å². The highest BCUT2D eigenvalue weighted by Gasteiger charge is 2.10. The van der Waals surface area contributed by atoms with Gasteiger partial charge in [-0.05, 0) is 42.2 Å². The number of carbonyl (C=O) groups excluding carboxylic acids is 1. The molecule has 0 saturated heterocycles. The lowest BCUT2D eigenvalue weighted by molar-refractivity contribution is 0.205. The van der Waals surface area contributed by atoms with Gasteiger partial charge in [0.15, 0.2) is 5.84 Å². The standard InChI is InChI=1S/C18H20N2O3/c1-3-15-10-9-14(11-13(15)2)12-17(20-22)19-18(21)23-16-7-5-4-6-8-16/h4-11,22H,3,12H2,1-2H3,(H,19,20,21). The molecule has 0 heterocycles. The van der Waals surface area contributed by atoms with E-state index in [1.807, 2.05) is 31.2 Å². The van der Waals surface area contributed by atoms with Gasteiger partial charge in [0, 0.05) is 6.42 Å². The van der Waals surface area contributed by atoms with Crippen LogP contribution in [0.15, 0.2) is 53.7 Å². The number of oxime groups is 1. The van der Waals surface area contributed by atoms with Gasteiger partial charge in [0.1, 0.15) is 5.75 Å². The van der Waals surface area contributed by atoms with Crippen molar-refractivity contribution < 1.29 is 14.7 Å². The zero-order valence-corrected chi connectivity index (χ0v) is 13.2. The van der Waals surface area contributed by atoms with E-state index >= 15 is 0 Å². The largest absolute Gasteiger partial charge is 0.418 e. The molecule has 5 nitrogen and oxygen atoms in total. The number of nitrogens with zero attached hydrogens (tertiary/aromatic N) is 1. The fraction of sp³-hybridized carbons (Fsp3) is 0.222. The molecule has 0 aliphatic heterocycles. The fourth-order valence-corrected chi connectivity index (χ4v) is 2.30. The van der Waals surface area contributed by atoms with Crippen LogP contribution in [0.2, 0.25) is 0 Å². The van der Waals surface area contributed by atoms with Crippen molar-refractivity contribution in [1.29, 1.82) is 0 Å². The third kappa shape index (κ3) is 4.85. The summed E-state index contributed by atoms with van der Waals surface area (Å²) in [6.07, 6.45) is 0.589. The first-order chi connectivity index (χ1) is 11.1. The average Bonchev–Trinajstić information content (AvgIpc) is 2.55. The van der Waals surface area contributed by atoms with Crippen LogP contribution in [0.25, 0.3) is 0 Å². The van der Waals surface area contributed by atoms with Crippen LogP contribution >= 0.6 is 0 Å². The molecule has 120 valence electrons. The van der Waals surface area contributed by atoms with Crippen molar-refractivity contribution in [2.45, 2.75) is 26.7 Å². The summed E-state index contributed by atoms with van der Waals surface area (Å²) in [5.41, 5.74) is 3.40. The van der Waals surface area contributed by atoms with Gasteiger partial charge < -0.3 is 9.94 Å². The maximum absolute atomic E-state index is 11.8. The van der Waals surface area contributed by atoms with Gasteiger partial charge >= 0.3 is 6.09 Å². The van der Waals surface area contributed by atoms with Crippen LogP contribution in [0.5, 0.6) is 5.75 Å². The lowest BCUT2D eigenvalue weighted by Gasteiger charge is -2.10. The molecule has 0 bridgehead atoms. The van der Waals surface area contributed by atoms with Crippen molar-refractivity contribution >= 4 is 11.9 Å². The second-order valence-electron chi connectivity index (χ2n) is 5.17. The van der Waals surface area contributed by atoms with Gasteiger partial charge in [0.05, 0.1) is 0 Å². The Morgan fingerprint density at radius 2 is 1.96 bits per heavy atom. The highest BCUT2D eigenvalue weighted by molar-refractivity contribution is 5.96. The smallest absolute Gasteiger partial charge is 0.410 e. The number of carbonyl (C=O) groups is 1. The van der Waals surface area contributed by atoms with Crippen LogP contribution in [-0.4, -0.2) is 17.1 Å².